The highest BCUT2D eigenvalue weighted by Gasteiger charge is 2.41. The van der Waals surface area contributed by atoms with Crippen LogP contribution in [0.2, 0.25) is 0 Å². The van der Waals surface area contributed by atoms with Crippen molar-refractivity contribution in [2.75, 3.05) is 7.11 Å². The summed E-state index contributed by atoms with van der Waals surface area (Å²) in [5, 5.41) is 0. The molecule has 1 unspecified atom stereocenters. The molecule has 0 saturated heterocycles. The minimum absolute atomic E-state index is 0.0616. The van der Waals surface area contributed by atoms with Crippen molar-refractivity contribution in [1.82, 2.24) is 5.43 Å². The molecule has 3 heteroatoms. The molecule has 0 aliphatic heterocycles. The van der Waals surface area contributed by atoms with Gasteiger partial charge < -0.3 is 4.74 Å². The molecule has 0 spiro atoms. The molecule has 1 aromatic carbocycles. The summed E-state index contributed by atoms with van der Waals surface area (Å²) in [7, 11) is 1.82. The summed E-state index contributed by atoms with van der Waals surface area (Å²) in [4.78, 5) is 0. The van der Waals surface area contributed by atoms with Crippen LogP contribution in [-0.2, 0) is 11.2 Å². The monoisotopic (exact) mass is 276 g/mol. The van der Waals surface area contributed by atoms with E-state index in [0.717, 1.165) is 25.2 Å². The number of hydrazine groups is 1. The molecule has 1 aliphatic rings. The molecule has 1 fully saturated rings. The van der Waals surface area contributed by atoms with Gasteiger partial charge in [0.2, 0.25) is 0 Å². The van der Waals surface area contributed by atoms with Crippen molar-refractivity contribution in [2.24, 2.45) is 11.8 Å². The van der Waals surface area contributed by atoms with Gasteiger partial charge in [0.25, 0.3) is 0 Å². The van der Waals surface area contributed by atoms with Crippen molar-refractivity contribution >= 4 is 0 Å². The molecule has 1 aromatic rings. The molecule has 0 heterocycles. The third-order valence-electron chi connectivity index (χ3n) is 4.91. The van der Waals surface area contributed by atoms with E-state index in [-0.39, 0.29) is 11.6 Å². The van der Waals surface area contributed by atoms with Crippen LogP contribution < -0.4 is 11.3 Å². The van der Waals surface area contributed by atoms with Crippen LogP contribution in [0.25, 0.3) is 0 Å². The van der Waals surface area contributed by atoms with Crippen molar-refractivity contribution in [2.45, 2.75) is 57.6 Å². The van der Waals surface area contributed by atoms with E-state index in [0.29, 0.717) is 0 Å². The lowest BCUT2D eigenvalue weighted by molar-refractivity contribution is -0.0761. The van der Waals surface area contributed by atoms with E-state index < -0.39 is 0 Å². The first kappa shape index (κ1) is 15.5. The Bertz CT molecular complexity index is 425. The third kappa shape index (κ3) is 3.05. The fraction of sp³-hybridized carbons (Fsp3) is 0.647. The fourth-order valence-corrected chi connectivity index (χ4v) is 3.41. The zero-order valence-corrected chi connectivity index (χ0v) is 13.0. The van der Waals surface area contributed by atoms with Gasteiger partial charge in [0, 0.05) is 7.11 Å². The highest BCUT2D eigenvalue weighted by molar-refractivity contribution is 5.28. The van der Waals surface area contributed by atoms with Gasteiger partial charge in [-0.05, 0) is 49.1 Å². The number of benzene rings is 1. The third-order valence-corrected chi connectivity index (χ3v) is 4.91. The van der Waals surface area contributed by atoms with Gasteiger partial charge in [-0.15, -0.1) is 0 Å². The van der Waals surface area contributed by atoms with Gasteiger partial charge >= 0.3 is 0 Å². The predicted octanol–water partition coefficient (Wildman–Crippen LogP) is 3.35. The van der Waals surface area contributed by atoms with Crippen molar-refractivity contribution in [3.05, 3.63) is 35.4 Å². The highest BCUT2D eigenvalue weighted by Crippen LogP contribution is 2.42. The number of aryl methyl sites for hydroxylation is 1. The predicted molar refractivity (Wildman–Crippen MR) is 83.3 cm³/mol. The summed E-state index contributed by atoms with van der Waals surface area (Å²) in [6.07, 6.45) is 5.59. The fourth-order valence-electron chi connectivity index (χ4n) is 3.41. The Morgan fingerprint density at radius 3 is 2.65 bits per heavy atom. The molecule has 20 heavy (non-hydrogen) atoms. The summed E-state index contributed by atoms with van der Waals surface area (Å²) in [5.41, 5.74) is 5.43. The molecule has 3 nitrogen and oxygen atoms in total. The van der Waals surface area contributed by atoms with Crippen molar-refractivity contribution < 1.29 is 4.74 Å². The molecule has 1 aliphatic carbocycles. The molecule has 3 N–H and O–H groups in total. The summed E-state index contributed by atoms with van der Waals surface area (Å²) < 4.78 is 5.97. The van der Waals surface area contributed by atoms with Crippen LogP contribution in [0, 0.1) is 5.92 Å². The standard InChI is InChI=1S/C17H28N2O/c1-4-14-6-5-7-15(12-14)16(19-18)17(20-3)10-8-13(2)9-11-17/h5-7,12-13,16,19H,4,8-11,18H2,1-3H3. The number of nitrogens with one attached hydrogen (secondary N) is 1. The van der Waals surface area contributed by atoms with Crippen LogP contribution in [0.15, 0.2) is 24.3 Å². The minimum Gasteiger partial charge on any atom is -0.376 e. The number of nitrogens with two attached hydrogens (primary N) is 1. The van der Waals surface area contributed by atoms with E-state index in [1.807, 2.05) is 7.11 Å². The van der Waals surface area contributed by atoms with Gasteiger partial charge in [-0.1, -0.05) is 38.1 Å². The van der Waals surface area contributed by atoms with Gasteiger partial charge in [0.05, 0.1) is 11.6 Å². The smallest absolute Gasteiger partial charge is 0.0885 e. The Morgan fingerprint density at radius 2 is 2.10 bits per heavy atom. The topological polar surface area (TPSA) is 47.3 Å². The average Bonchev–Trinajstić information content (AvgIpc) is 2.50. The maximum Gasteiger partial charge on any atom is 0.0885 e. The van der Waals surface area contributed by atoms with Crippen LogP contribution in [0.4, 0.5) is 0 Å². The molecule has 0 bridgehead atoms. The Balaban J connectivity index is 2.29. The van der Waals surface area contributed by atoms with Gasteiger partial charge in [0.15, 0.2) is 0 Å². The quantitative estimate of drug-likeness (QED) is 0.640. The van der Waals surface area contributed by atoms with E-state index in [2.05, 4.69) is 43.5 Å². The first-order valence-electron chi connectivity index (χ1n) is 7.75. The summed E-state index contributed by atoms with van der Waals surface area (Å²) in [5.74, 6) is 6.68. The highest BCUT2D eigenvalue weighted by atomic mass is 16.5. The van der Waals surface area contributed by atoms with Crippen LogP contribution in [0.3, 0.4) is 0 Å². The largest absolute Gasteiger partial charge is 0.376 e. The number of rotatable bonds is 5. The van der Waals surface area contributed by atoms with Crippen LogP contribution >= 0.6 is 0 Å². The van der Waals surface area contributed by atoms with Crippen molar-refractivity contribution in [3.63, 3.8) is 0 Å². The lowest BCUT2D eigenvalue weighted by Gasteiger charge is -2.44. The molecule has 0 amide bonds. The normalized spacial score (nSPS) is 28.3. The summed E-state index contributed by atoms with van der Waals surface area (Å²) in [6.45, 7) is 4.50. The zero-order chi connectivity index (χ0) is 14.6. The average molecular weight is 276 g/mol. The molecular weight excluding hydrogens is 248 g/mol. The van der Waals surface area contributed by atoms with Crippen LogP contribution in [0.1, 0.15) is 56.7 Å². The second-order valence-corrected chi connectivity index (χ2v) is 6.15. The maximum absolute atomic E-state index is 5.97. The second-order valence-electron chi connectivity index (χ2n) is 6.15. The number of hydrogen-bond acceptors (Lipinski definition) is 3. The SMILES string of the molecule is CCc1cccc(C(NN)C2(OC)CCC(C)CC2)c1. The molecule has 112 valence electrons. The van der Waals surface area contributed by atoms with E-state index in [1.165, 1.54) is 24.0 Å². The maximum atomic E-state index is 5.97. The van der Waals surface area contributed by atoms with E-state index in [4.69, 9.17) is 10.6 Å². The van der Waals surface area contributed by atoms with Crippen molar-refractivity contribution in [1.29, 1.82) is 0 Å². The van der Waals surface area contributed by atoms with Crippen molar-refractivity contribution in [3.8, 4) is 0 Å². The Kier molecular flexibility index (Phi) is 5.19. The van der Waals surface area contributed by atoms with E-state index in [1.54, 1.807) is 0 Å². The molecule has 0 radical (unpaired) electrons. The lowest BCUT2D eigenvalue weighted by Crippen LogP contribution is -2.50. The molecule has 2 rings (SSSR count). The summed E-state index contributed by atoms with van der Waals surface area (Å²) >= 11 is 0. The molecule has 1 saturated carbocycles. The van der Waals surface area contributed by atoms with E-state index in [9.17, 15) is 0 Å². The molecule has 1 atom stereocenters. The first-order valence-corrected chi connectivity index (χ1v) is 7.75. The van der Waals surface area contributed by atoms with Gasteiger partial charge in [-0.25, -0.2) is 0 Å². The Hall–Kier alpha value is -0.900. The first-order chi connectivity index (χ1) is 9.65. The number of methoxy groups -OCH3 is 1. The minimum atomic E-state index is -0.173. The van der Waals surface area contributed by atoms with Crippen LogP contribution in [-0.4, -0.2) is 12.7 Å². The van der Waals surface area contributed by atoms with Gasteiger partial charge in [-0.3, -0.25) is 11.3 Å². The zero-order valence-electron chi connectivity index (χ0n) is 13.0. The second kappa shape index (κ2) is 6.70. The lowest BCUT2D eigenvalue weighted by atomic mass is 9.73. The molecule has 0 aromatic heterocycles. The summed E-state index contributed by atoms with van der Waals surface area (Å²) in [6, 6.07) is 8.75. The van der Waals surface area contributed by atoms with Gasteiger partial charge in [-0.2, -0.15) is 0 Å². The van der Waals surface area contributed by atoms with Gasteiger partial charge in [0.1, 0.15) is 0 Å². The molecular formula is C17H28N2O. The number of hydrogen-bond donors (Lipinski definition) is 2. The number of ether oxygens (including phenoxy) is 1. The Labute approximate surface area is 122 Å². The Morgan fingerprint density at radius 1 is 1.40 bits per heavy atom. The van der Waals surface area contributed by atoms with E-state index >= 15 is 0 Å². The van der Waals surface area contributed by atoms with Crippen LogP contribution in [0.5, 0.6) is 0 Å².